The number of hydrogen-bond acceptors (Lipinski definition) is 3. The van der Waals surface area contributed by atoms with Crippen LogP contribution >= 0.6 is 15.9 Å². The molecule has 0 bridgehead atoms. The molecule has 106 valence electrons. The molecule has 0 amide bonds. The SMILES string of the molecule is COc1cc(CC2CCCC[C@]2(C)O)c(O)cc1Br. The zero-order chi connectivity index (χ0) is 14.0. The molecule has 0 heterocycles. The molecular formula is C15H21BrO3. The third kappa shape index (κ3) is 3.23. The Hall–Kier alpha value is -0.740. The highest BCUT2D eigenvalue weighted by molar-refractivity contribution is 9.10. The molecule has 1 aliphatic carbocycles. The highest BCUT2D eigenvalue weighted by Crippen LogP contribution is 2.39. The third-order valence-electron chi connectivity index (χ3n) is 4.18. The predicted octanol–water partition coefficient (Wildman–Crippen LogP) is 3.65. The van der Waals surface area contributed by atoms with Gasteiger partial charge >= 0.3 is 0 Å². The average molecular weight is 329 g/mol. The summed E-state index contributed by atoms with van der Waals surface area (Å²) in [5.74, 6) is 1.16. The average Bonchev–Trinajstić information content (AvgIpc) is 2.34. The van der Waals surface area contributed by atoms with Crippen molar-refractivity contribution in [2.24, 2.45) is 5.92 Å². The van der Waals surface area contributed by atoms with E-state index in [1.165, 1.54) is 0 Å². The van der Waals surface area contributed by atoms with Gasteiger partial charge < -0.3 is 14.9 Å². The molecule has 2 rings (SSSR count). The van der Waals surface area contributed by atoms with Crippen LogP contribution in [-0.4, -0.2) is 22.9 Å². The van der Waals surface area contributed by atoms with Crippen LogP contribution < -0.4 is 4.74 Å². The van der Waals surface area contributed by atoms with Crippen LogP contribution in [0.2, 0.25) is 0 Å². The molecule has 0 aromatic heterocycles. The molecule has 4 heteroatoms. The first-order valence-corrected chi connectivity index (χ1v) is 7.51. The predicted molar refractivity (Wildman–Crippen MR) is 78.6 cm³/mol. The van der Waals surface area contributed by atoms with Gasteiger partial charge in [-0.2, -0.15) is 0 Å². The summed E-state index contributed by atoms with van der Waals surface area (Å²) in [4.78, 5) is 0. The third-order valence-corrected chi connectivity index (χ3v) is 4.80. The minimum absolute atomic E-state index is 0.193. The number of phenols is 1. The van der Waals surface area contributed by atoms with E-state index in [-0.39, 0.29) is 11.7 Å². The second-order valence-corrected chi connectivity index (χ2v) is 6.47. The Labute approximate surface area is 122 Å². The van der Waals surface area contributed by atoms with Crippen LogP contribution in [0, 0.1) is 5.92 Å². The highest BCUT2D eigenvalue weighted by Gasteiger charge is 2.34. The Kier molecular flexibility index (Phi) is 4.41. The van der Waals surface area contributed by atoms with E-state index < -0.39 is 5.60 Å². The number of aromatic hydroxyl groups is 1. The van der Waals surface area contributed by atoms with Crippen LogP contribution in [0.4, 0.5) is 0 Å². The van der Waals surface area contributed by atoms with Gasteiger partial charge in [0.2, 0.25) is 0 Å². The molecule has 1 unspecified atom stereocenters. The van der Waals surface area contributed by atoms with Gasteiger partial charge in [0, 0.05) is 0 Å². The van der Waals surface area contributed by atoms with Gasteiger partial charge in [0.25, 0.3) is 0 Å². The molecule has 2 atom stereocenters. The molecule has 1 aromatic rings. The lowest BCUT2D eigenvalue weighted by molar-refractivity contribution is -0.0315. The number of aliphatic hydroxyl groups is 1. The number of rotatable bonds is 3. The van der Waals surface area contributed by atoms with Gasteiger partial charge in [0.05, 0.1) is 17.2 Å². The summed E-state index contributed by atoms with van der Waals surface area (Å²) >= 11 is 3.35. The lowest BCUT2D eigenvalue weighted by Crippen LogP contribution is -2.38. The number of halogens is 1. The van der Waals surface area contributed by atoms with Gasteiger partial charge in [-0.1, -0.05) is 12.8 Å². The van der Waals surface area contributed by atoms with Crippen molar-refractivity contribution < 1.29 is 14.9 Å². The van der Waals surface area contributed by atoms with Crippen molar-refractivity contribution >= 4 is 15.9 Å². The molecule has 1 aromatic carbocycles. The Morgan fingerprint density at radius 1 is 1.42 bits per heavy atom. The lowest BCUT2D eigenvalue weighted by atomic mass is 9.74. The van der Waals surface area contributed by atoms with Crippen LogP contribution in [0.15, 0.2) is 16.6 Å². The van der Waals surface area contributed by atoms with E-state index in [1.54, 1.807) is 13.2 Å². The fourth-order valence-electron chi connectivity index (χ4n) is 2.88. The van der Waals surface area contributed by atoms with E-state index in [0.717, 1.165) is 35.7 Å². The zero-order valence-corrected chi connectivity index (χ0v) is 13.0. The van der Waals surface area contributed by atoms with E-state index in [0.29, 0.717) is 12.2 Å². The maximum Gasteiger partial charge on any atom is 0.133 e. The molecule has 1 saturated carbocycles. The second-order valence-electron chi connectivity index (χ2n) is 5.62. The zero-order valence-electron chi connectivity index (χ0n) is 11.4. The van der Waals surface area contributed by atoms with Crippen molar-refractivity contribution in [1.82, 2.24) is 0 Å². The van der Waals surface area contributed by atoms with Gasteiger partial charge in [0.15, 0.2) is 0 Å². The molecule has 0 radical (unpaired) electrons. The van der Waals surface area contributed by atoms with Crippen molar-refractivity contribution in [3.05, 3.63) is 22.2 Å². The van der Waals surface area contributed by atoms with Gasteiger partial charge in [-0.25, -0.2) is 0 Å². The molecular weight excluding hydrogens is 308 g/mol. The number of hydrogen-bond donors (Lipinski definition) is 2. The summed E-state index contributed by atoms with van der Waals surface area (Å²) < 4.78 is 6.00. The molecule has 0 aliphatic heterocycles. The molecule has 2 N–H and O–H groups in total. The van der Waals surface area contributed by atoms with E-state index in [4.69, 9.17) is 4.74 Å². The summed E-state index contributed by atoms with van der Waals surface area (Å²) in [5.41, 5.74) is 0.206. The summed E-state index contributed by atoms with van der Waals surface area (Å²) in [7, 11) is 1.61. The fraction of sp³-hybridized carbons (Fsp3) is 0.600. The molecule has 0 saturated heterocycles. The maximum atomic E-state index is 10.4. The van der Waals surface area contributed by atoms with Crippen LogP contribution in [-0.2, 0) is 6.42 Å². The largest absolute Gasteiger partial charge is 0.508 e. The standard InChI is InChI=1S/C15H21BrO3/c1-15(18)6-4-3-5-11(15)7-10-8-14(19-2)12(16)9-13(10)17/h8-9,11,17-18H,3-7H2,1-2H3/t11?,15-/m0/s1. The van der Waals surface area contributed by atoms with Gasteiger partial charge in [-0.3, -0.25) is 0 Å². The summed E-state index contributed by atoms with van der Waals surface area (Å²) in [6, 6.07) is 3.51. The Morgan fingerprint density at radius 2 is 2.16 bits per heavy atom. The Balaban J connectivity index is 2.23. The van der Waals surface area contributed by atoms with Crippen molar-refractivity contribution in [2.45, 2.75) is 44.6 Å². The minimum atomic E-state index is -0.634. The monoisotopic (exact) mass is 328 g/mol. The van der Waals surface area contributed by atoms with Crippen molar-refractivity contribution in [2.75, 3.05) is 7.11 Å². The van der Waals surface area contributed by atoms with E-state index in [2.05, 4.69) is 15.9 Å². The van der Waals surface area contributed by atoms with Gasteiger partial charge in [0.1, 0.15) is 11.5 Å². The van der Waals surface area contributed by atoms with E-state index >= 15 is 0 Å². The first-order chi connectivity index (χ1) is 8.94. The van der Waals surface area contributed by atoms with Crippen LogP contribution in [0.5, 0.6) is 11.5 Å². The first kappa shape index (κ1) is 14.7. The molecule has 1 fully saturated rings. The maximum absolute atomic E-state index is 10.4. The molecule has 19 heavy (non-hydrogen) atoms. The Bertz CT molecular complexity index is 457. The van der Waals surface area contributed by atoms with E-state index in [1.807, 2.05) is 13.0 Å². The molecule has 3 nitrogen and oxygen atoms in total. The Morgan fingerprint density at radius 3 is 2.79 bits per heavy atom. The summed E-state index contributed by atoms with van der Waals surface area (Å²) in [6.45, 7) is 1.91. The second kappa shape index (κ2) is 5.71. The normalized spacial score (nSPS) is 27.3. The van der Waals surface area contributed by atoms with Crippen molar-refractivity contribution in [3.8, 4) is 11.5 Å². The number of methoxy groups -OCH3 is 1. The number of benzene rings is 1. The van der Waals surface area contributed by atoms with Crippen molar-refractivity contribution in [1.29, 1.82) is 0 Å². The van der Waals surface area contributed by atoms with E-state index in [9.17, 15) is 10.2 Å². The van der Waals surface area contributed by atoms with Crippen LogP contribution in [0.25, 0.3) is 0 Å². The van der Waals surface area contributed by atoms with Gasteiger partial charge in [-0.15, -0.1) is 0 Å². The molecule has 0 spiro atoms. The quantitative estimate of drug-likeness (QED) is 0.890. The smallest absolute Gasteiger partial charge is 0.133 e. The number of ether oxygens (including phenoxy) is 1. The topological polar surface area (TPSA) is 49.7 Å². The van der Waals surface area contributed by atoms with Crippen LogP contribution in [0.3, 0.4) is 0 Å². The molecule has 1 aliphatic rings. The summed E-state index contributed by atoms with van der Waals surface area (Å²) in [5, 5.41) is 20.5. The van der Waals surface area contributed by atoms with Crippen LogP contribution in [0.1, 0.15) is 38.2 Å². The van der Waals surface area contributed by atoms with Crippen molar-refractivity contribution in [3.63, 3.8) is 0 Å². The first-order valence-electron chi connectivity index (χ1n) is 6.72. The highest BCUT2D eigenvalue weighted by atomic mass is 79.9. The lowest BCUT2D eigenvalue weighted by Gasteiger charge is -2.37. The number of phenolic OH excluding ortho intramolecular Hbond substituents is 1. The minimum Gasteiger partial charge on any atom is -0.508 e. The van der Waals surface area contributed by atoms with Gasteiger partial charge in [-0.05, 0) is 65.7 Å². The fourth-order valence-corrected chi connectivity index (χ4v) is 3.37. The summed E-state index contributed by atoms with van der Waals surface area (Å²) in [6.07, 6.45) is 4.76.